The summed E-state index contributed by atoms with van der Waals surface area (Å²) in [5.41, 5.74) is 2.00. The van der Waals surface area contributed by atoms with E-state index in [9.17, 15) is 4.79 Å². The molecule has 1 fully saturated rings. The fraction of sp³-hybridized carbons (Fsp3) is 0.533. The second-order valence-corrected chi connectivity index (χ2v) is 6.20. The normalized spacial score (nSPS) is 24.6. The van der Waals surface area contributed by atoms with Gasteiger partial charge < -0.3 is 0 Å². The number of carbonyl (C=O) groups excluding carboxylic acids is 1. The molecule has 17 heavy (non-hydrogen) atoms. The average molecular weight is 295 g/mol. The molecule has 92 valence electrons. The number of Topliss-reactive ketones (excluding diaryl/α,β-unsaturated/α-hetero) is 1. The zero-order valence-corrected chi connectivity index (χ0v) is 12.1. The van der Waals surface area contributed by atoms with Crippen LogP contribution >= 0.6 is 15.9 Å². The lowest BCUT2D eigenvalue weighted by atomic mass is 9.79. The molecule has 0 atom stereocenters. The van der Waals surface area contributed by atoms with Crippen molar-refractivity contribution in [3.8, 4) is 0 Å². The van der Waals surface area contributed by atoms with Crippen LogP contribution in [0.2, 0.25) is 0 Å². The van der Waals surface area contributed by atoms with Gasteiger partial charge in [-0.15, -0.1) is 0 Å². The van der Waals surface area contributed by atoms with Crippen LogP contribution in [0.3, 0.4) is 0 Å². The van der Waals surface area contributed by atoms with Crippen molar-refractivity contribution in [1.82, 2.24) is 0 Å². The zero-order valence-electron chi connectivity index (χ0n) is 10.5. The Morgan fingerprint density at radius 3 is 2.53 bits per heavy atom. The topological polar surface area (TPSA) is 17.1 Å². The van der Waals surface area contributed by atoms with Crippen molar-refractivity contribution in [3.05, 3.63) is 33.8 Å². The molecule has 0 saturated heterocycles. The Hall–Kier alpha value is -0.630. The standard InChI is InChI=1S/C15H19BrO/c1-10-3-6-12(7-4-10)15(17)14-9-13(16)8-5-11(14)2/h5,8-10,12H,3-4,6-7H2,1-2H3. The fourth-order valence-corrected chi connectivity index (χ4v) is 2.96. The molecule has 0 aliphatic heterocycles. The van der Waals surface area contributed by atoms with Crippen LogP contribution in [0.1, 0.15) is 48.5 Å². The van der Waals surface area contributed by atoms with E-state index in [2.05, 4.69) is 22.9 Å². The van der Waals surface area contributed by atoms with E-state index in [1.54, 1.807) is 0 Å². The molecule has 1 aromatic carbocycles. The van der Waals surface area contributed by atoms with Crippen molar-refractivity contribution in [3.63, 3.8) is 0 Å². The maximum absolute atomic E-state index is 12.5. The molecule has 0 amide bonds. The summed E-state index contributed by atoms with van der Waals surface area (Å²) in [7, 11) is 0. The Labute approximate surface area is 112 Å². The van der Waals surface area contributed by atoms with Gasteiger partial charge >= 0.3 is 0 Å². The molecular weight excluding hydrogens is 276 g/mol. The highest BCUT2D eigenvalue weighted by molar-refractivity contribution is 9.10. The molecular formula is C15H19BrO. The molecule has 0 radical (unpaired) electrons. The number of rotatable bonds is 2. The third-order valence-electron chi connectivity index (χ3n) is 3.85. The largest absolute Gasteiger partial charge is 0.294 e. The van der Waals surface area contributed by atoms with E-state index in [-0.39, 0.29) is 5.92 Å². The molecule has 0 N–H and O–H groups in total. The summed E-state index contributed by atoms with van der Waals surface area (Å²) in [6.07, 6.45) is 4.52. The van der Waals surface area contributed by atoms with Crippen LogP contribution in [0, 0.1) is 18.8 Å². The molecule has 1 aliphatic rings. The molecule has 0 aromatic heterocycles. The molecule has 2 heteroatoms. The summed E-state index contributed by atoms with van der Waals surface area (Å²) in [4.78, 5) is 12.5. The number of carbonyl (C=O) groups is 1. The Balaban J connectivity index is 2.16. The first kappa shape index (κ1) is 12.8. The minimum absolute atomic E-state index is 0.249. The van der Waals surface area contributed by atoms with Gasteiger partial charge in [-0.1, -0.05) is 41.8 Å². The van der Waals surface area contributed by atoms with E-state index in [0.29, 0.717) is 5.78 Å². The molecule has 1 aliphatic carbocycles. The Morgan fingerprint density at radius 1 is 1.24 bits per heavy atom. The highest BCUT2D eigenvalue weighted by Crippen LogP contribution is 2.31. The summed E-state index contributed by atoms with van der Waals surface area (Å²) in [5, 5.41) is 0. The first-order valence-electron chi connectivity index (χ1n) is 6.38. The van der Waals surface area contributed by atoms with Crippen molar-refractivity contribution in [2.75, 3.05) is 0 Å². The van der Waals surface area contributed by atoms with E-state index in [1.165, 1.54) is 12.8 Å². The van der Waals surface area contributed by atoms with Gasteiger partial charge in [0, 0.05) is 16.0 Å². The van der Waals surface area contributed by atoms with Crippen LogP contribution in [0.15, 0.2) is 22.7 Å². The van der Waals surface area contributed by atoms with Gasteiger partial charge in [0.25, 0.3) is 0 Å². The van der Waals surface area contributed by atoms with Crippen molar-refractivity contribution in [1.29, 1.82) is 0 Å². The lowest BCUT2D eigenvalue weighted by Crippen LogP contribution is -2.21. The maximum atomic E-state index is 12.5. The number of benzene rings is 1. The van der Waals surface area contributed by atoms with Crippen LogP contribution in [-0.2, 0) is 0 Å². The van der Waals surface area contributed by atoms with E-state index >= 15 is 0 Å². The number of hydrogen-bond acceptors (Lipinski definition) is 1. The minimum Gasteiger partial charge on any atom is -0.294 e. The predicted molar refractivity (Wildman–Crippen MR) is 74.3 cm³/mol. The first-order chi connectivity index (χ1) is 8.08. The number of aryl methyl sites for hydroxylation is 1. The van der Waals surface area contributed by atoms with Gasteiger partial charge in [-0.05, 0) is 43.4 Å². The van der Waals surface area contributed by atoms with E-state index in [4.69, 9.17) is 0 Å². The predicted octanol–water partition coefficient (Wildman–Crippen LogP) is 4.77. The molecule has 0 bridgehead atoms. The minimum atomic E-state index is 0.249. The Kier molecular flexibility index (Phi) is 4.03. The molecule has 2 rings (SSSR count). The van der Waals surface area contributed by atoms with Crippen LogP contribution in [0.25, 0.3) is 0 Å². The van der Waals surface area contributed by atoms with Gasteiger partial charge in [0.2, 0.25) is 0 Å². The molecule has 1 saturated carbocycles. The van der Waals surface area contributed by atoms with Crippen LogP contribution < -0.4 is 0 Å². The van der Waals surface area contributed by atoms with Crippen LogP contribution in [0.5, 0.6) is 0 Å². The zero-order chi connectivity index (χ0) is 12.4. The Bertz CT molecular complexity index is 417. The smallest absolute Gasteiger partial charge is 0.166 e. The quantitative estimate of drug-likeness (QED) is 0.718. The Morgan fingerprint density at radius 2 is 1.88 bits per heavy atom. The number of hydrogen-bond donors (Lipinski definition) is 0. The van der Waals surface area contributed by atoms with Gasteiger partial charge in [-0.2, -0.15) is 0 Å². The molecule has 0 heterocycles. The van der Waals surface area contributed by atoms with E-state index < -0.39 is 0 Å². The second kappa shape index (κ2) is 5.34. The first-order valence-corrected chi connectivity index (χ1v) is 7.17. The lowest BCUT2D eigenvalue weighted by Gasteiger charge is -2.25. The van der Waals surface area contributed by atoms with Gasteiger partial charge in [0.15, 0.2) is 5.78 Å². The lowest BCUT2D eigenvalue weighted by molar-refractivity contribution is 0.0875. The van der Waals surface area contributed by atoms with E-state index in [0.717, 1.165) is 34.4 Å². The van der Waals surface area contributed by atoms with Gasteiger partial charge in [0.1, 0.15) is 0 Å². The number of halogens is 1. The highest BCUT2D eigenvalue weighted by atomic mass is 79.9. The maximum Gasteiger partial charge on any atom is 0.166 e. The second-order valence-electron chi connectivity index (χ2n) is 5.28. The van der Waals surface area contributed by atoms with Gasteiger partial charge in [-0.3, -0.25) is 4.79 Å². The van der Waals surface area contributed by atoms with Crippen molar-refractivity contribution >= 4 is 21.7 Å². The molecule has 1 nitrogen and oxygen atoms in total. The summed E-state index contributed by atoms with van der Waals surface area (Å²) in [6, 6.07) is 5.98. The van der Waals surface area contributed by atoms with E-state index in [1.807, 2.05) is 25.1 Å². The average Bonchev–Trinajstić information content (AvgIpc) is 2.32. The summed E-state index contributed by atoms with van der Waals surface area (Å²) >= 11 is 3.45. The monoisotopic (exact) mass is 294 g/mol. The van der Waals surface area contributed by atoms with Crippen molar-refractivity contribution in [2.45, 2.75) is 39.5 Å². The molecule has 1 aromatic rings. The van der Waals surface area contributed by atoms with Crippen LogP contribution in [0.4, 0.5) is 0 Å². The van der Waals surface area contributed by atoms with Crippen molar-refractivity contribution in [2.24, 2.45) is 11.8 Å². The van der Waals surface area contributed by atoms with Gasteiger partial charge in [-0.25, -0.2) is 0 Å². The fourth-order valence-electron chi connectivity index (χ4n) is 2.60. The summed E-state index contributed by atoms with van der Waals surface area (Å²) < 4.78 is 0.996. The SMILES string of the molecule is Cc1ccc(Br)cc1C(=O)C1CCC(C)CC1. The highest BCUT2D eigenvalue weighted by Gasteiger charge is 2.26. The summed E-state index contributed by atoms with van der Waals surface area (Å²) in [5.74, 6) is 1.39. The molecule has 0 spiro atoms. The van der Waals surface area contributed by atoms with Crippen LogP contribution in [-0.4, -0.2) is 5.78 Å². The van der Waals surface area contributed by atoms with Crippen molar-refractivity contribution < 1.29 is 4.79 Å². The third-order valence-corrected chi connectivity index (χ3v) is 4.34. The molecule has 0 unspecified atom stereocenters. The summed E-state index contributed by atoms with van der Waals surface area (Å²) in [6.45, 7) is 4.30. The van der Waals surface area contributed by atoms with Gasteiger partial charge in [0.05, 0.1) is 0 Å². The number of ketones is 1. The third kappa shape index (κ3) is 2.98.